The van der Waals surface area contributed by atoms with Gasteiger partial charge in [-0.2, -0.15) is 0 Å². The van der Waals surface area contributed by atoms with Crippen LogP contribution in [0.3, 0.4) is 0 Å². The molecule has 1 amide bonds. The molecule has 120 valence electrons. The summed E-state index contributed by atoms with van der Waals surface area (Å²) in [5.74, 6) is 0.351. The van der Waals surface area contributed by atoms with Crippen LogP contribution in [0.1, 0.15) is 42.6 Å². The van der Waals surface area contributed by atoms with E-state index in [1.807, 2.05) is 18.2 Å². The first-order valence-corrected chi connectivity index (χ1v) is 7.86. The van der Waals surface area contributed by atoms with Crippen LogP contribution in [0.15, 0.2) is 48.8 Å². The number of ketones is 1. The number of rotatable bonds is 7. The Labute approximate surface area is 137 Å². The van der Waals surface area contributed by atoms with E-state index in [0.29, 0.717) is 11.5 Å². The normalized spacial score (nSPS) is 10.6. The molecule has 0 spiro atoms. The maximum Gasteiger partial charge on any atom is 0.224 e. The number of aromatic nitrogens is 1. The summed E-state index contributed by atoms with van der Waals surface area (Å²) in [5.41, 5.74) is 2.52. The lowest BCUT2D eigenvalue weighted by Gasteiger charge is -2.09. The second kappa shape index (κ2) is 8.22. The smallest absolute Gasteiger partial charge is 0.224 e. The molecule has 0 saturated carbocycles. The van der Waals surface area contributed by atoms with Gasteiger partial charge in [0.05, 0.1) is 0 Å². The minimum atomic E-state index is -0.149. The van der Waals surface area contributed by atoms with Crippen LogP contribution in [-0.2, 0) is 11.2 Å². The molecule has 0 aliphatic rings. The van der Waals surface area contributed by atoms with Crippen LogP contribution in [0.4, 0.5) is 5.69 Å². The summed E-state index contributed by atoms with van der Waals surface area (Å²) in [5, 5.41) is 2.86. The highest BCUT2D eigenvalue weighted by molar-refractivity contribution is 5.99. The lowest BCUT2D eigenvalue weighted by atomic mass is 10.0. The Hall–Kier alpha value is -2.49. The van der Waals surface area contributed by atoms with Crippen molar-refractivity contribution in [2.24, 2.45) is 5.92 Å². The number of anilines is 1. The monoisotopic (exact) mass is 310 g/mol. The molecule has 0 aliphatic heterocycles. The first kappa shape index (κ1) is 16.9. The molecule has 0 aliphatic carbocycles. The van der Waals surface area contributed by atoms with Crippen LogP contribution in [-0.4, -0.2) is 16.7 Å². The second-order valence-corrected chi connectivity index (χ2v) is 6.01. The van der Waals surface area contributed by atoms with Crippen LogP contribution >= 0.6 is 0 Å². The quantitative estimate of drug-likeness (QED) is 0.789. The number of pyridine rings is 1. The molecular weight excluding hydrogens is 288 g/mol. The van der Waals surface area contributed by atoms with E-state index in [2.05, 4.69) is 30.2 Å². The number of nitrogens with zero attached hydrogens (tertiary/aromatic N) is 1. The van der Waals surface area contributed by atoms with Crippen molar-refractivity contribution in [1.29, 1.82) is 0 Å². The lowest BCUT2D eigenvalue weighted by Crippen LogP contribution is -2.13. The number of benzene rings is 1. The molecule has 0 bridgehead atoms. The Balaban J connectivity index is 1.86. The summed E-state index contributed by atoms with van der Waals surface area (Å²) in [6.45, 7) is 4.32. The molecule has 0 fully saturated rings. The predicted molar refractivity (Wildman–Crippen MR) is 91.4 cm³/mol. The Morgan fingerprint density at radius 3 is 2.65 bits per heavy atom. The number of amides is 1. The number of hydrogen-bond acceptors (Lipinski definition) is 3. The molecule has 0 saturated heterocycles. The van der Waals surface area contributed by atoms with Crippen molar-refractivity contribution in [2.75, 3.05) is 5.32 Å². The van der Waals surface area contributed by atoms with E-state index >= 15 is 0 Å². The van der Waals surface area contributed by atoms with E-state index in [9.17, 15) is 9.59 Å². The van der Waals surface area contributed by atoms with Crippen molar-refractivity contribution in [3.63, 3.8) is 0 Å². The fourth-order valence-electron chi connectivity index (χ4n) is 2.37. The van der Waals surface area contributed by atoms with E-state index in [0.717, 1.165) is 12.1 Å². The molecule has 4 nitrogen and oxygen atoms in total. The fourth-order valence-corrected chi connectivity index (χ4v) is 2.37. The van der Waals surface area contributed by atoms with Gasteiger partial charge in [0.2, 0.25) is 5.91 Å². The highest BCUT2D eigenvalue weighted by Crippen LogP contribution is 2.15. The van der Waals surface area contributed by atoms with Crippen molar-refractivity contribution in [2.45, 2.75) is 33.1 Å². The SMILES string of the molecule is CC(C)Cc1cccc(NC(=O)CCC(=O)c2cccnc2)c1. The Kier molecular flexibility index (Phi) is 6.03. The van der Waals surface area contributed by atoms with Gasteiger partial charge in [0, 0.05) is 36.5 Å². The first-order valence-electron chi connectivity index (χ1n) is 7.86. The minimum absolute atomic E-state index is 0.0678. The zero-order valence-electron chi connectivity index (χ0n) is 13.6. The fraction of sp³-hybridized carbons (Fsp3) is 0.316. The molecule has 23 heavy (non-hydrogen) atoms. The molecule has 0 unspecified atom stereocenters. The maximum absolute atomic E-state index is 12.0. The standard InChI is InChI=1S/C19H22N2O2/c1-14(2)11-15-5-3-7-17(12-15)21-19(23)9-8-18(22)16-6-4-10-20-13-16/h3-7,10,12-14H,8-9,11H2,1-2H3,(H,21,23). The lowest BCUT2D eigenvalue weighted by molar-refractivity contribution is -0.116. The van der Waals surface area contributed by atoms with Gasteiger partial charge in [0.15, 0.2) is 5.78 Å². The number of hydrogen-bond donors (Lipinski definition) is 1. The van der Waals surface area contributed by atoms with Gasteiger partial charge in [0.1, 0.15) is 0 Å². The van der Waals surface area contributed by atoms with E-state index in [1.54, 1.807) is 18.3 Å². The summed E-state index contributed by atoms with van der Waals surface area (Å²) >= 11 is 0. The van der Waals surface area contributed by atoms with Crippen LogP contribution in [0.5, 0.6) is 0 Å². The van der Waals surface area contributed by atoms with Crippen molar-refractivity contribution in [3.8, 4) is 0 Å². The zero-order valence-corrected chi connectivity index (χ0v) is 13.6. The third kappa shape index (κ3) is 5.66. The Morgan fingerprint density at radius 1 is 1.13 bits per heavy atom. The Bertz CT molecular complexity index is 666. The number of carbonyl (C=O) groups is 2. The zero-order chi connectivity index (χ0) is 16.7. The second-order valence-electron chi connectivity index (χ2n) is 6.01. The van der Waals surface area contributed by atoms with Crippen molar-refractivity contribution >= 4 is 17.4 Å². The van der Waals surface area contributed by atoms with Crippen LogP contribution in [0, 0.1) is 5.92 Å². The number of carbonyl (C=O) groups excluding carboxylic acids is 2. The molecule has 0 radical (unpaired) electrons. The van der Waals surface area contributed by atoms with E-state index in [-0.39, 0.29) is 24.5 Å². The summed E-state index contributed by atoms with van der Waals surface area (Å²) in [7, 11) is 0. The minimum Gasteiger partial charge on any atom is -0.326 e. The van der Waals surface area contributed by atoms with Crippen LogP contribution in [0.25, 0.3) is 0 Å². The summed E-state index contributed by atoms with van der Waals surface area (Å²) in [6.07, 6.45) is 4.47. The summed E-state index contributed by atoms with van der Waals surface area (Å²) in [6, 6.07) is 11.3. The molecule has 2 rings (SSSR count). The summed E-state index contributed by atoms with van der Waals surface area (Å²) in [4.78, 5) is 27.9. The van der Waals surface area contributed by atoms with E-state index < -0.39 is 0 Å². The molecule has 4 heteroatoms. The van der Waals surface area contributed by atoms with Crippen LogP contribution < -0.4 is 5.32 Å². The van der Waals surface area contributed by atoms with E-state index in [1.165, 1.54) is 11.8 Å². The van der Waals surface area contributed by atoms with Crippen LogP contribution in [0.2, 0.25) is 0 Å². The largest absolute Gasteiger partial charge is 0.326 e. The molecule has 1 aromatic heterocycles. The van der Waals surface area contributed by atoms with Gasteiger partial charge >= 0.3 is 0 Å². The van der Waals surface area contributed by atoms with Crippen molar-refractivity contribution in [3.05, 3.63) is 59.9 Å². The molecule has 1 heterocycles. The maximum atomic E-state index is 12.0. The topological polar surface area (TPSA) is 59.1 Å². The molecule has 1 aromatic carbocycles. The van der Waals surface area contributed by atoms with E-state index in [4.69, 9.17) is 0 Å². The average molecular weight is 310 g/mol. The third-order valence-electron chi connectivity index (χ3n) is 3.42. The van der Waals surface area contributed by atoms with Gasteiger partial charge in [-0.25, -0.2) is 0 Å². The molecular formula is C19H22N2O2. The van der Waals surface area contributed by atoms with Gasteiger partial charge in [-0.05, 0) is 42.2 Å². The van der Waals surface area contributed by atoms with Gasteiger partial charge in [-0.3, -0.25) is 14.6 Å². The van der Waals surface area contributed by atoms with Crippen molar-refractivity contribution < 1.29 is 9.59 Å². The summed E-state index contributed by atoms with van der Waals surface area (Å²) < 4.78 is 0. The number of Topliss-reactive ketones (excluding diaryl/α,β-unsaturated/α-hetero) is 1. The highest BCUT2D eigenvalue weighted by Gasteiger charge is 2.10. The Morgan fingerprint density at radius 2 is 1.96 bits per heavy atom. The highest BCUT2D eigenvalue weighted by atomic mass is 16.2. The van der Waals surface area contributed by atoms with Gasteiger partial charge in [-0.1, -0.05) is 26.0 Å². The molecule has 1 N–H and O–H groups in total. The average Bonchev–Trinajstić information content (AvgIpc) is 2.53. The molecule has 0 atom stereocenters. The van der Waals surface area contributed by atoms with Crippen molar-refractivity contribution in [1.82, 2.24) is 4.98 Å². The van der Waals surface area contributed by atoms with Gasteiger partial charge in [-0.15, -0.1) is 0 Å². The van der Waals surface area contributed by atoms with Gasteiger partial charge in [0.25, 0.3) is 0 Å². The number of nitrogens with one attached hydrogen (secondary N) is 1. The predicted octanol–water partition coefficient (Wildman–Crippen LogP) is 3.88. The third-order valence-corrected chi connectivity index (χ3v) is 3.42. The van der Waals surface area contributed by atoms with Gasteiger partial charge < -0.3 is 5.32 Å². The first-order chi connectivity index (χ1) is 11.0. The molecule has 2 aromatic rings.